The summed E-state index contributed by atoms with van der Waals surface area (Å²) in [4.78, 5) is 0.303. The third kappa shape index (κ3) is 3.75. The van der Waals surface area contributed by atoms with Gasteiger partial charge in [0.15, 0.2) is 0 Å². The summed E-state index contributed by atoms with van der Waals surface area (Å²) in [6.45, 7) is 1.98. The third-order valence-corrected chi connectivity index (χ3v) is 4.29. The average molecular weight is 431 g/mol. The van der Waals surface area contributed by atoms with Crippen LogP contribution in [0.25, 0.3) is 0 Å². The van der Waals surface area contributed by atoms with Crippen molar-refractivity contribution in [3.8, 4) is 17.2 Å². The molecule has 21 heavy (non-hydrogen) atoms. The van der Waals surface area contributed by atoms with E-state index in [1.807, 2.05) is 37.3 Å². The Hall–Kier alpha value is -1.11. The van der Waals surface area contributed by atoms with Gasteiger partial charge in [0.25, 0.3) is 0 Å². The summed E-state index contributed by atoms with van der Waals surface area (Å²) in [6.07, 6.45) is 0. The third-order valence-electron chi connectivity index (χ3n) is 2.83. The summed E-state index contributed by atoms with van der Waals surface area (Å²) in [7, 11) is 1.61. The molecule has 0 amide bonds. The zero-order valence-electron chi connectivity index (χ0n) is 11.4. The molecule has 2 rings (SSSR count). The van der Waals surface area contributed by atoms with Crippen LogP contribution >= 0.6 is 44.1 Å². The maximum atomic E-state index is 5.94. The summed E-state index contributed by atoms with van der Waals surface area (Å²) in [6, 6.07) is 9.36. The second-order valence-electron chi connectivity index (χ2n) is 4.38. The first-order valence-electron chi connectivity index (χ1n) is 6.03. The molecule has 0 spiro atoms. The quantitative estimate of drug-likeness (QED) is 0.696. The predicted octanol–water partition coefficient (Wildman–Crippen LogP) is 4.96. The van der Waals surface area contributed by atoms with Crippen molar-refractivity contribution >= 4 is 49.1 Å². The number of rotatable bonds is 4. The zero-order valence-corrected chi connectivity index (χ0v) is 15.4. The van der Waals surface area contributed by atoms with E-state index in [1.165, 1.54) is 0 Å². The molecule has 0 unspecified atom stereocenters. The first-order valence-corrected chi connectivity index (χ1v) is 8.03. The minimum atomic E-state index is 0.303. The Morgan fingerprint density at radius 1 is 1.05 bits per heavy atom. The van der Waals surface area contributed by atoms with Crippen LogP contribution in [0.2, 0.25) is 0 Å². The maximum Gasteiger partial charge on any atom is 0.143 e. The van der Waals surface area contributed by atoms with Gasteiger partial charge in [-0.1, -0.05) is 23.8 Å². The number of nitrogens with two attached hydrogens (primary N) is 1. The summed E-state index contributed by atoms with van der Waals surface area (Å²) in [5.74, 6) is 1.97. The smallest absolute Gasteiger partial charge is 0.143 e. The van der Waals surface area contributed by atoms with Crippen LogP contribution in [0.3, 0.4) is 0 Å². The van der Waals surface area contributed by atoms with E-state index in [2.05, 4.69) is 31.9 Å². The highest BCUT2D eigenvalue weighted by atomic mass is 79.9. The molecule has 0 atom stereocenters. The highest BCUT2D eigenvalue weighted by molar-refractivity contribution is 9.11. The fraction of sp³-hybridized carbons (Fsp3) is 0.133. The van der Waals surface area contributed by atoms with Gasteiger partial charge in [-0.2, -0.15) is 0 Å². The van der Waals surface area contributed by atoms with Gasteiger partial charge in [-0.05, 0) is 63.0 Å². The molecule has 0 fully saturated rings. The molecule has 6 heteroatoms. The van der Waals surface area contributed by atoms with Crippen LogP contribution in [0.4, 0.5) is 0 Å². The Balaban J connectivity index is 2.43. The molecule has 110 valence electrons. The summed E-state index contributed by atoms with van der Waals surface area (Å²) < 4.78 is 12.7. The van der Waals surface area contributed by atoms with E-state index in [-0.39, 0.29) is 0 Å². The van der Waals surface area contributed by atoms with Crippen LogP contribution in [0.15, 0.2) is 39.3 Å². The average Bonchev–Trinajstić information content (AvgIpc) is 2.44. The molecule has 0 aromatic heterocycles. The van der Waals surface area contributed by atoms with Crippen molar-refractivity contribution in [1.82, 2.24) is 0 Å². The van der Waals surface area contributed by atoms with Crippen molar-refractivity contribution in [2.24, 2.45) is 5.73 Å². The molecule has 2 aromatic carbocycles. The molecule has 2 N–H and O–H groups in total. The Morgan fingerprint density at radius 2 is 1.67 bits per heavy atom. The summed E-state index contributed by atoms with van der Waals surface area (Å²) in [5, 5.41) is 0. The van der Waals surface area contributed by atoms with E-state index in [1.54, 1.807) is 7.11 Å². The van der Waals surface area contributed by atoms with Gasteiger partial charge in [0, 0.05) is 0 Å². The molecule has 0 aliphatic rings. The molecule has 0 radical (unpaired) electrons. The van der Waals surface area contributed by atoms with E-state index in [0.717, 1.165) is 14.5 Å². The van der Waals surface area contributed by atoms with Crippen LogP contribution in [0, 0.1) is 6.92 Å². The number of ether oxygens (including phenoxy) is 2. The highest BCUT2D eigenvalue weighted by Crippen LogP contribution is 2.38. The van der Waals surface area contributed by atoms with Crippen LogP contribution in [-0.2, 0) is 0 Å². The number of halogens is 2. The topological polar surface area (TPSA) is 44.5 Å². The van der Waals surface area contributed by atoms with Crippen molar-refractivity contribution in [2.75, 3.05) is 7.11 Å². The molecule has 0 saturated carbocycles. The van der Waals surface area contributed by atoms with Gasteiger partial charge in [-0.15, -0.1) is 0 Å². The fourth-order valence-corrected chi connectivity index (χ4v) is 2.84. The Bertz CT molecular complexity index is 704. The fourth-order valence-electron chi connectivity index (χ4n) is 1.79. The monoisotopic (exact) mass is 429 g/mol. The molecule has 0 bridgehead atoms. The molecule has 0 aliphatic heterocycles. The first kappa shape index (κ1) is 16.3. The van der Waals surface area contributed by atoms with Crippen LogP contribution in [0.5, 0.6) is 17.2 Å². The van der Waals surface area contributed by atoms with Crippen molar-refractivity contribution in [3.63, 3.8) is 0 Å². The number of hydrogen-bond acceptors (Lipinski definition) is 3. The van der Waals surface area contributed by atoms with Gasteiger partial charge < -0.3 is 15.2 Å². The molecule has 3 nitrogen and oxygen atoms in total. The van der Waals surface area contributed by atoms with Crippen molar-refractivity contribution in [1.29, 1.82) is 0 Å². The summed E-state index contributed by atoms with van der Waals surface area (Å²) in [5.41, 5.74) is 7.54. The van der Waals surface area contributed by atoms with E-state index in [9.17, 15) is 0 Å². The Labute approximate surface area is 145 Å². The first-order chi connectivity index (χ1) is 9.92. The van der Waals surface area contributed by atoms with E-state index >= 15 is 0 Å². The molecule has 0 saturated heterocycles. The minimum absolute atomic E-state index is 0.303. The SMILES string of the molecule is COc1cc(Br)c(Oc2ccc(C)cc2C(N)=S)cc1Br. The lowest BCUT2D eigenvalue weighted by Crippen LogP contribution is -2.11. The van der Waals surface area contributed by atoms with Gasteiger partial charge in [-0.25, -0.2) is 0 Å². The normalized spacial score (nSPS) is 10.3. The lowest BCUT2D eigenvalue weighted by molar-refractivity contribution is 0.409. The lowest BCUT2D eigenvalue weighted by Gasteiger charge is -2.14. The zero-order chi connectivity index (χ0) is 15.6. The molecular formula is C15H13Br2NO2S. The second kappa shape index (κ2) is 6.77. The van der Waals surface area contributed by atoms with Crippen LogP contribution in [-0.4, -0.2) is 12.1 Å². The number of benzene rings is 2. The van der Waals surface area contributed by atoms with Gasteiger partial charge in [0.2, 0.25) is 0 Å². The molecule has 0 aliphatic carbocycles. The van der Waals surface area contributed by atoms with E-state index in [0.29, 0.717) is 27.8 Å². The number of hydrogen-bond donors (Lipinski definition) is 1. The number of aryl methyl sites for hydroxylation is 1. The number of thiocarbonyl (C=S) groups is 1. The maximum absolute atomic E-state index is 5.94. The Morgan fingerprint density at radius 3 is 2.29 bits per heavy atom. The molecule has 2 aromatic rings. The standard InChI is InChI=1S/C15H13Br2NO2S/c1-8-3-4-12(9(5-8)15(18)21)20-14-7-10(16)13(19-2)6-11(14)17/h3-7H,1-2H3,(H2,18,21). The van der Waals surface area contributed by atoms with Crippen LogP contribution < -0.4 is 15.2 Å². The number of methoxy groups -OCH3 is 1. The second-order valence-corrected chi connectivity index (χ2v) is 6.53. The lowest BCUT2D eigenvalue weighted by atomic mass is 10.1. The van der Waals surface area contributed by atoms with Gasteiger partial charge in [0.05, 0.1) is 21.6 Å². The van der Waals surface area contributed by atoms with E-state index in [4.69, 9.17) is 27.4 Å². The van der Waals surface area contributed by atoms with Gasteiger partial charge in [0.1, 0.15) is 22.2 Å². The van der Waals surface area contributed by atoms with Crippen molar-refractivity contribution in [3.05, 3.63) is 50.4 Å². The summed E-state index contributed by atoms with van der Waals surface area (Å²) >= 11 is 12.0. The predicted molar refractivity (Wildman–Crippen MR) is 95.5 cm³/mol. The molecule has 0 heterocycles. The van der Waals surface area contributed by atoms with Crippen molar-refractivity contribution < 1.29 is 9.47 Å². The molecular weight excluding hydrogens is 418 g/mol. The van der Waals surface area contributed by atoms with E-state index < -0.39 is 0 Å². The largest absolute Gasteiger partial charge is 0.496 e. The van der Waals surface area contributed by atoms with Crippen LogP contribution in [0.1, 0.15) is 11.1 Å². The van der Waals surface area contributed by atoms with Gasteiger partial charge in [-0.3, -0.25) is 0 Å². The highest BCUT2D eigenvalue weighted by Gasteiger charge is 2.12. The van der Waals surface area contributed by atoms with Crippen molar-refractivity contribution in [2.45, 2.75) is 6.92 Å². The Kier molecular flexibility index (Phi) is 5.24. The minimum Gasteiger partial charge on any atom is -0.496 e. The van der Waals surface area contributed by atoms with Gasteiger partial charge >= 0.3 is 0 Å².